The summed E-state index contributed by atoms with van der Waals surface area (Å²) in [6, 6.07) is 11.6. The average molecular weight is 556 g/mol. The number of rotatable bonds is 14. The molecule has 12 nitrogen and oxygen atoms in total. The molecule has 0 bridgehead atoms. The minimum Gasteiger partial charge on any atom is -0.482 e. The molecular weight excluding hydrogens is 522 g/mol. The van der Waals surface area contributed by atoms with Crippen molar-refractivity contribution >= 4 is 41.7 Å². The van der Waals surface area contributed by atoms with Gasteiger partial charge in [0.1, 0.15) is 19.0 Å². The van der Waals surface area contributed by atoms with Crippen LogP contribution in [0.25, 0.3) is 0 Å². The molecule has 2 aromatic carbocycles. The van der Waals surface area contributed by atoms with Crippen LogP contribution in [0.15, 0.2) is 53.5 Å². The number of ketones is 1. The second-order valence-corrected chi connectivity index (χ2v) is 8.59. The number of Topliss-reactive ketones (excluding diaryl/α,β-unsaturated/α-hetero) is 1. The number of nitrogens with one attached hydrogen (secondary N) is 2. The first kappa shape index (κ1) is 31.5. The van der Waals surface area contributed by atoms with Crippen molar-refractivity contribution in [1.29, 1.82) is 0 Å². The SMILES string of the molecule is CCOC(=O)COc1ccc(C(=O)[C@H](C)NC(=O)c2ccc(N=CNC(=O)OCCOC(=O)C(C)C)cc2)cc1. The van der Waals surface area contributed by atoms with Gasteiger partial charge in [0.2, 0.25) is 0 Å². The Morgan fingerprint density at radius 1 is 0.850 bits per heavy atom. The number of amides is 2. The minimum absolute atomic E-state index is 0.0465. The highest BCUT2D eigenvalue weighted by atomic mass is 16.6. The molecule has 0 aliphatic carbocycles. The molecule has 12 heteroatoms. The zero-order valence-electron chi connectivity index (χ0n) is 22.8. The Kier molecular flexibility index (Phi) is 12.8. The van der Waals surface area contributed by atoms with Gasteiger partial charge in [0.25, 0.3) is 5.91 Å². The Morgan fingerprint density at radius 2 is 1.48 bits per heavy atom. The van der Waals surface area contributed by atoms with Gasteiger partial charge in [0.15, 0.2) is 12.4 Å². The molecule has 40 heavy (non-hydrogen) atoms. The van der Waals surface area contributed by atoms with Crippen molar-refractivity contribution in [1.82, 2.24) is 10.6 Å². The number of carbonyl (C=O) groups excluding carboxylic acids is 5. The quantitative estimate of drug-likeness (QED) is 0.0891. The molecule has 214 valence electrons. The second kappa shape index (κ2) is 16.3. The molecule has 2 aromatic rings. The first-order chi connectivity index (χ1) is 19.1. The number of ether oxygens (including phenoxy) is 4. The van der Waals surface area contributed by atoms with E-state index in [0.29, 0.717) is 22.6 Å². The van der Waals surface area contributed by atoms with Gasteiger partial charge in [0, 0.05) is 11.1 Å². The lowest BCUT2D eigenvalue weighted by atomic mass is 10.0. The van der Waals surface area contributed by atoms with Gasteiger partial charge in [-0.05, 0) is 62.4 Å². The highest BCUT2D eigenvalue weighted by Crippen LogP contribution is 2.15. The zero-order chi connectivity index (χ0) is 29.5. The molecule has 1 atom stereocenters. The zero-order valence-corrected chi connectivity index (χ0v) is 22.8. The van der Waals surface area contributed by atoms with E-state index in [1.165, 1.54) is 12.1 Å². The minimum atomic E-state index is -0.805. The third kappa shape index (κ3) is 10.9. The van der Waals surface area contributed by atoms with E-state index in [4.69, 9.17) is 18.9 Å². The summed E-state index contributed by atoms with van der Waals surface area (Å²) in [7, 11) is 0. The van der Waals surface area contributed by atoms with Crippen LogP contribution in [0.5, 0.6) is 5.75 Å². The normalized spacial score (nSPS) is 11.4. The topological polar surface area (TPSA) is 159 Å². The lowest BCUT2D eigenvalue weighted by Crippen LogP contribution is -2.38. The summed E-state index contributed by atoms with van der Waals surface area (Å²) in [6.07, 6.45) is 0.365. The number of benzene rings is 2. The Morgan fingerprint density at radius 3 is 2.10 bits per heavy atom. The molecule has 0 fully saturated rings. The number of esters is 2. The molecule has 0 saturated heterocycles. The molecule has 0 saturated carbocycles. The van der Waals surface area contributed by atoms with Gasteiger partial charge in [-0.25, -0.2) is 14.6 Å². The molecule has 0 heterocycles. The van der Waals surface area contributed by atoms with E-state index in [9.17, 15) is 24.0 Å². The lowest BCUT2D eigenvalue weighted by molar-refractivity contribution is -0.148. The van der Waals surface area contributed by atoms with E-state index in [2.05, 4.69) is 15.6 Å². The molecule has 0 radical (unpaired) electrons. The van der Waals surface area contributed by atoms with Crippen LogP contribution in [0.2, 0.25) is 0 Å². The van der Waals surface area contributed by atoms with Crippen LogP contribution in [-0.2, 0) is 23.8 Å². The summed E-state index contributed by atoms with van der Waals surface area (Å²) in [5.74, 6) is -1.49. The van der Waals surface area contributed by atoms with Gasteiger partial charge < -0.3 is 24.3 Å². The van der Waals surface area contributed by atoms with Crippen molar-refractivity contribution in [2.24, 2.45) is 10.9 Å². The smallest absolute Gasteiger partial charge is 0.412 e. The maximum absolute atomic E-state index is 12.7. The fourth-order valence-corrected chi connectivity index (χ4v) is 3.00. The maximum Gasteiger partial charge on any atom is 0.412 e. The van der Waals surface area contributed by atoms with E-state index >= 15 is 0 Å². The highest BCUT2D eigenvalue weighted by molar-refractivity contribution is 6.04. The van der Waals surface area contributed by atoms with Crippen LogP contribution in [0, 0.1) is 5.92 Å². The van der Waals surface area contributed by atoms with Crippen molar-refractivity contribution in [2.75, 3.05) is 26.4 Å². The first-order valence-electron chi connectivity index (χ1n) is 12.6. The van der Waals surface area contributed by atoms with Gasteiger partial charge in [-0.3, -0.25) is 19.7 Å². The molecule has 2 N–H and O–H groups in total. The van der Waals surface area contributed by atoms with Crippen molar-refractivity contribution in [3.8, 4) is 5.75 Å². The van der Waals surface area contributed by atoms with Gasteiger partial charge in [-0.1, -0.05) is 13.8 Å². The monoisotopic (exact) mass is 555 g/mol. The Balaban J connectivity index is 1.78. The molecule has 0 aromatic heterocycles. The third-order valence-electron chi connectivity index (χ3n) is 5.10. The van der Waals surface area contributed by atoms with E-state index in [1.807, 2.05) is 0 Å². The highest BCUT2D eigenvalue weighted by Gasteiger charge is 2.18. The van der Waals surface area contributed by atoms with Crippen molar-refractivity contribution in [3.05, 3.63) is 59.7 Å². The predicted molar refractivity (Wildman–Crippen MR) is 145 cm³/mol. The summed E-state index contributed by atoms with van der Waals surface area (Å²) in [6.45, 7) is 6.54. The number of alkyl carbamates (subject to hydrolysis) is 1. The Hall–Kier alpha value is -4.74. The van der Waals surface area contributed by atoms with E-state index in [1.54, 1.807) is 64.1 Å². The summed E-state index contributed by atoms with van der Waals surface area (Å²) in [5.41, 5.74) is 1.13. The summed E-state index contributed by atoms with van der Waals surface area (Å²) in [4.78, 5) is 63.7. The molecule has 0 aliphatic rings. The van der Waals surface area contributed by atoms with Gasteiger partial charge in [0.05, 0.1) is 30.6 Å². The predicted octanol–water partition coefficient (Wildman–Crippen LogP) is 3.21. The molecule has 2 rings (SSSR count). The standard InChI is InChI=1S/C28H33N3O9/c1-5-37-24(32)16-40-23-12-8-20(9-13-23)25(33)19(4)31-26(34)21-6-10-22(11-7-21)29-17-30-28(36)39-15-14-38-27(35)18(2)3/h6-13,17-19H,5,14-16H2,1-4H3,(H,31,34)(H,29,30,36)/t19-/m0/s1. The van der Waals surface area contributed by atoms with Crippen LogP contribution in [-0.4, -0.2) is 68.5 Å². The second-order valence-electron chi connectivity index (χ2n) is 8.59. The maximum atomic E-state index is 12.7. The lowest BCUT2D eigenvalue weighted by Gasteiger charge is -2.13. The van der Waals surface area contributed by atoms with Crippen molar-refractivity contribution in [2.45, 2.75) is 33.7 Å². The fourth-order valence-electron chi connectivity index (χ4n) is 3.00. The number of aliphatic imine (C=N–C) groups is 1. The molecule has 0 unspecified atom stereocenters. The van der Waals surface area contributed by atoms with E-state index < -0.39 is 24.0 Å². The summed E-state index contributed by atoms with van der Waals surface area (Å²) >= 11 is 0. The molecule has 2 amide bonds. The average Bonchev–Trinajstić information content (AvgIpc) is 2.94. The Bertz CT molecular complexity index is 1190. The molecule has 0 aliphatic heterocycles. The number of carbonyl (C=O) groups is 5. The van der Waals surface area contributed by atoms with E-state index in [0.717, 1.165) is 6.34 Å². The summed E-state index contributed by atoms with van der Waals surface area (Å²) < 4.78 is 19.9. The van der Waals surface area contributed by atoms with Crippen LogP contribution in [0.4, 0.5) is 10.5 Å². The summed E-state index contributed by atoms with van der Waals surface area (Å²) in [5, 5.41) is 4.97. The van der Waals surface area contributed by atoms with Gasteiger partial charge >= 0.3 is 18.0 Å². The molecule has 0 spiro atoms. The van der Waals surface area contributed by atoms with Crippen LogP contribution >= 0.6 is 0 Å². The molecular formula is C28H33N3O9. The van der Waals surface area contributed by atoms with Crippen molar-refractivity contribution < 1.29 is 42.9 Å². The Labute approximate surface area is 232 Å². The number of nitrogens with zero attached hydrogens (tertiary/aromatic N) is 1. The van der Waals surface area contributed by atoms with E-state index in [-0.39, 0.29) is 44.1 Å². The van der Waals surface area contributed by atoms with Gasteiger partial charge in [-0.15, -0.1) is 0 Å². The number of hydrogen-bond acceptors (Lipinski definition) is 10. The van der Waals surface area contributed by atoms with Crippen LogP contribution in [0.3, 0.4) is 0 Å². The third-order valence-corrected chi connectivity index (χ3v) is 5.10. The first-order valence-corrected chi connectivity index (χ1v) is 12.6. The largest absolute Gasteiger partial charge is 0.482 e. The van der Waals surface area contributed by atoms with Crippen LogP contribution in [0.1, 0.15) is 48.4 Å². The van der Waals surface area contributed by atoms with Crippen molar-refractivity contribution in [3.63, 3.8) is 0 Å². The number of hydrogen-bond donors (Lipinski definition) is 2. The fraction of sp³-hybridized carbons (Fsp3) is 0.357. The van der Waals surface area contributed by atoms with Crippen LogP contribution < -0.4 is 15.4 Å². The van der Waals surface area contributed by atoms with Gasteiger partial charge in [-0.2, -0.15) is 0 Å².